The summed E-state index contributed by atoms with van der Waals surface area (Å²) in [6.45, 7) is 1.47. The number of hydrogen-bond acceptors (Lipinski definition) is 5. The normalized spacial score (nSPS) is 29.5. The van der Waals surface area contributed by atoms with Crippen molar-refractivity contribution in [3.8, 4) is 0 Å². The molecule has 7 heteroatoms. The zero-order chi connectivity index (χ0) is 13.6. The number of aliphatic carboxylic acids is 1. The third kappa shape index (κ3) is 2.00. The van der Waals surface area contributed by atoms with Gasteiger partial charge in [0, 0.05) is 13.1 Å². The Bertz CT molecular complexity index is 538. The van der Waals surface area contributed by atoms with Crippen LogP contribution in [-0.4, -0.2) is 34.1 Å². The summed E-state index contributed by atoms with van der Waals surface area (Å²) in [5, 5.41) is 9.45. The van der Waals surface area contributed by atoms with E-state index in [9.17, 15) is 9.90 Å². The Morgan fingerprint density at radius 1 is 1.63 bits per heavy atom. The van der Waals surface area contributed by atoms with Gasteiger partial charge in [-0.1, -0.05) is 0 Å². The van der Waals surface area contributed by atoms with Crippen LogP contribution in [0.15, 0.2) is 6.20 Å². The molecule has 2 atom stereocenters. The zero-order valence-corrected chi connectivity index (χ0v) is 11.1. The molecule has 3 rings (SSSR count). The Hall–Kier alpha value is -1.56. The maximum Gasteiger partial charge on any atom is 0.309 e. The number of nitrogens with two attached hydrogens (primary N) is 1. The molecule has 1 saturated carbocycles. The van der Waals surface area contributed by atoms with Crippen LogP contribution in [-0.2, 0) is 4.79 Å². The second-order valence-electron chi connectivity index (χ2n) is 5.32. The summed E-state index contributed by atoms with van der Waals surface area (Å²) < 4.78 is 0. The van der Waals surface area contributed by atoms with E-state index in [1.165, 1.54) is 0 Å². The van der Waals surface area contributed by atoms with Gasteiger partial charge in [0.15, 0.2) is 5.82 Å². The second kappa shape index (κ2) is 4.23. The number of rotatable bonds is 2. The van der Waals surface area contributed by atoms with Crippen LogP contribution in [0.25, 0.3) is 0 Å². The SMILES string of the molecule is Nc1nc(Cl)ncc1N1CCC[C@]2(C(=O)O)CC2C1. The molecular weight excluding hydrogens is 268 g/mol. The lowest BCUT2D eigenvalue weighted by Gasteiger charge is -2.23. The third-order valence-electron chi connectivity index (χ3n) is 4.26. The van der Waals surface area contributed by atoms with Crippen molar-refractivity contribution in [3.05, 3.63) is 11.5 Å². The molecule has 1 saturated heterocycles. The Morgan fingerprint density at radius 2 is 2.42 bits per heavy atom. The van der Waals surface area contributed by atoms with E-state index >= 15 is 0 Å². The first-order valence-corrected chi connectivity index (χ1v) is 6.67. The van der Waals surface area contributed by atoms with Crippen molar-refractivity contribution >= 4 is 29.1 Å². The van der Waals surface area contributed by atoms with E-state index in [0.29, 0.717) is 12.4 Å². The number of hydrogen-bond donors (Lipinski definition) is 2. The fourth-order valence-corrected chi connectivity index (χ4v) is 3.21. The van der Waals surface area contributed by atoms with Gasteiger partial charge < -0.3 is 15.7 Å². The molecule has 0 spiro atoms. The average molecular weight is 283 g/mol. The van der Waals surface area contributed by atoms with Crippen molar-refractivity contribution in [2.45, 2.75) is 19.3 Å². The van der Waals surface area contributed by atoms with Crippen molar-refractivity contribution in [2.75, 3.05) is 23.7 Å². The van der Waals surface area contributed by atoms with E-state index in [0.717, 1.165) is 31.5 Å². The molecule has 1 aromatic rings. The lowest BCUT2D eigenvalue weighted by molar-refractivity contribution is -0.144. The van der Waals surface area contributed by atoms with E-state index < -0.39 is 11.4 Å². The predicted molar refractivity (Wildman–Crippen MR) is 71.1 cm³/mol. The largest absolute Gasteiger partial charge is 0.481 e. The molecule has 2 heterocycles. The minimum Gasteiger partial charge on any atom is -0.481 e. The molecule has 2 aliphatic rings. The smallest absolute Gasteiger partial charge is 0.309 e. The molecule has 0 amide bonds. The van der Waals surface area contributed by atoms with Crippen LogP contribution >= 0.6 is 11.6 Å². The van der Waals surface area contributed by atoms with Crippen molar-refractivity contribution in [1.82, 2.24) is 9.97 Å². The van der Waals surface area contributed by atoms with Crippen LogP contribution < -0.4 is 10.6 Å². The van der Waals surface area contributed by atoms with Gasteiger partial charge in [0.1, 0.15) is 0 Å². The molecule has 1 aliphatic carbocycles. The molecule has 0 radical (unpaired) electrons. The highest BCUT2D eigenvalue weighted by atomic mass is 35.5. The standard InChI is InChI=1S/C12H15ClN4O2/c13-11-15-5-8(9(14)16-11)17-3-1-2-12(10(18)19)4-7(12)6-17/h5,7H,1-4,6H2,(H,18,19)(H2,14,15,16)/t7?,12-/m0/s1. The van der Waals surface area contributed by atoms with Crippen molar-refractivity contribution < 1.29 is 9.90 Å². The number of carboxylic acid groups (broad SMARTS) is 1. The summed E-state index contributed by atoms with van der Waals surface area (Å²) in [7, 11) is 0. The summed E-state index contributed by atoms with van der Waals surface area (Å²) in [4.78, 5) is 21.3. The molecule has 2 fully saturated rings. The van der Waals surface area contributed by atoms with E-state index in [1.807, 2.05) is 0 Å². The van der Waals surface area contributed by atoms with Crippen molar-refractivity contribution in [2.24, 2.45) is 11.3 Å². The summed E-state index contributed by atoms with van der Waals surface area (Å²) in [5.41, 5.74) is 6.11. The van der Waals surface area contributed by atoms with Gasteiger partial charge in [-0.15, -0.1) is 0 Å². The molecule has 1 unspecified atom stereocenters. The summed E-state index contributed by atoms with van der Waals surface area (Å²) in [6.07, 6.45) is 3.94. The van der Waals surface area contributed by atoms with Gasteiger partial charge >= 0.3 is 5.97 Å². The summed E-state index contributed by atoms with van der Waals surface area (Å²) >= 11 is 5.69. The molecule has 1 aliphatic heterocycles. The molecule has 0 bridgehead atoms. The number of halogens is 1. The molecule has 6 nitrogen and oxygen atoms in total. The highest BCUT2D eigenvalue weighted by Crippen LogP contribution is 2.58. The second-order valence-corrected chi connectivity index (χ2v) is 5.66. The molecule has 102 valence electrons. The molecule has 1 aromatic heterocycles. The Morgan fingerprint density at radius 3 is 3.11 bits per heavy atom. The van der Waals surface area contributed by atoms with E-state index in [2.05, 4.69) is 14.9 Å². The number of nitrogens with zero attached hydrogens (tertiary/aromatic N) is 3. The van der Waals surface area contributed by atoms with Gasteiger partial charge in [-0.2, -0.15) is 4.98 Å². The van der Waals surface area contributed by atoms with Gasteiger partial charge in [0.25, 0.3) is 0 Å². The van der Waals surface area contributed by atoms with Gasteiger partial charge in [-0.3, -0.25) is 4.79 Å². The minimum atomic E-state index is -0.667. The number of carbonyl (C=O) groups is 1. The number of carboxylic acids is 1. The van der Waals surface area contributed by atoms with Gasteiger partial charge in [0.05, 0.1) is 17.3 Å². The van der Waals surface area contributed by atoms with Crippen LogP contribution in [0, 0.1) is 11.3 Å². The molecule has 19 heavy (non-hydrogen) atoms. The Balaban J connectivity index is 1.82. The number of nitrogen functional groups attached to an aromatic ring is 1. The lowest BCUT2D eigenvalue weighted by Crippen LogP contribution is -2.27. The monoisotopic (exact) mass is 282 g/mol. The number of fused-ring (bicyclic) bond motifs is 1. The van der Waals surface area contributed by atoms with E-state index in [4.69, 9.17) is 17.3 Å². The number of aromatic nitrogens is 2. The molecule has 3 N–H and O–H groups in total. The van der Waals surface area contributed by atoms with Crippen LogP contribution in [0.2, 0.25) is 5.28 Å². The van der Waals surface area contributed by atoms with Crippen LogP contribution in [0.3, 0.4) is 0 Å². The molecule has 0 aromatic carbocycles. The van der Waals surface area contributed by atoms with Gasteiger partial charge in [0.2, 0.25) is 5.28 Å². The first kappa shape index (κ1) is 12.5. The minimum absolute atomic E-state index is 0.127. The zero-order valence-electron chi connectivity index (χ0n) is 10.3. The van der Waals surface area contributed by atoms with Crippen molar-refractivity contribution in [3.63, 3.8) is 0 Å². The quantitative estimate of drug-likeness (QED) is 0.797. The highest BCUT2D eigenvalue weighted by molar-refractivity contribution is 6.28. The van der Waals surface area contributed by atoms with E-state index in [-0.39, 0.29) is 11.2 Å². The molecular formula is C12H15ClN4O2. The fraction of sp³-hybridized carbons (Fsp3) is 0.583. The summed E-state index contributed by atoms with van der Waals surface area (Å²) in [5.74, 6) is -0.120. The maximum absolute atomic E-state index is 11.3. The third-order valence-corrected chi connectivity index (χ3v) is 4.44. The highest BCUT2D eigenvalue weighted by Gasteiger charge is 2.60. The Kier molecular flexibility index (Phi) is 2.78. The first-order chi connectivity index (χ1) is 9.03. The maximum atomic E-state index is 11.3. The first-order valence-electron chi connectivity index (χ1n) is 6.29. The topological polar surface area (TPSA) is 92.3 Å². The predicted octanol–water partition coefficient (Wildman–Crippen LogP) is 1.40. The fourth-order valence-electron chi connectivity index (χ4n) is 3.07. The average Bonchev–Trinajstić information content (AvgIpc) is 3.02. The van der Waals surface area contributed by atoms with Crippen molar-refractivity contribution in [1.29, 1.82) is 0 Å². The van der Waals surface area contributed by atoms with E-state index in [1.54, 1.807) is 6.20 Å². The van der Waals surface area contributed by atoms with Crippen LogP contribution in [0.4, 0.5) is 11.5 Å². The summed E-state index contributed by atoms with van der Waals surface area (Å²) in [6, 6.07) is 0. The van der Waals surface area contributed by atoms with Crippen LogP contribution in [0.5, 0.6) is 0 Å². The lowest BCUT2D eigenvalue weighted by atomic mass is 9.98. The van der Waals surface area contributed by atoms with Gasteiger partial charge in [-0.05, 0) is 36.8 Å². The van der Waals surface area contributed by atoms with Gasteiger partial charge in [-0.25, -0.2) is 4.98 Å². The van der Waals surface area contributed by atoms with Crippen LogP contribution in [0.1, 0.15) is 19.3 Å². The Labute approximate surface area is 115 Å². The number of anilines is 2.